The molecule has 2 aromatic rings. The van der Waals surface area contributed by atoms with Crippen LogP contribution in [0.3, 0.4) is 0 Å². The lowest BCUT2D eigenvalue weighted by molar-refractivity contribution is -0.116. The van der Waals surface area contributed by atoms with Gasteiger partial charge in [-0.1, -0.05) is 50.1 Å². The van der Waals surface area contributed by atoms with E-state index in [1.807, 2.05) is 30.3 Å². The number of anilines is 1. The summed E-state index contributed by atoms with van der Waals surface area (Å²) in [5.41, 5.74) is 1.49. The Balaban J connectivity index is 1.92. The highest BCUT2D eigenvalue weighted by atomic mass is 32.2. The summed E-state index contributed by atoms with van der Waals surface area (Å²) in [5, 5.41) is 2.78. The minimum Gasteiger partial charge on any atom is -0.326 e. The SMILES string of the molecule is CCCCCC(=O)Nc1ccc(S(=O)(=O)NCc2ccccc2)cc1. The van der Waals surface area contributed by atoms with Gasteiger partial charge in [-0.3, -0.25) is 4.79 Å². The molecule has 0 aromatic heterocycles. The molecule has 6 heteroatoms. The lowest BCUT2D eigenvalue weighted by Crippen LogP contribution is -2.23. The van der Waals surface area contributed by atoms with Crippen molar-refractivity contribution in [3.63, 3.8) is 0 Å². The van der Waals surface area contributed by atoms with E-state index in [-0.39, 0.29) is 17.3 Å². The summed E-state index contributed by atoms with van der Waals surface area (Å²) in [5.74, 6) is -0.0498. The predicted molar refractivity (Wildman–Crippen MR) is 99.7 cm³/mol. The van der Waals surface area contributed by atoms with Crippen molar-refractivity contribution in [3.05, 3.63) is 60.2 Å². The molecule has 0 saturated heterocycles. The molecule has 0 heterocycles. The van der Waals surface area contributed by atoms with Crippen LogP contribution in [0.4, 0.5) is 5.69 Å². The van der Waals surface area contributed by atoms with Crippen LogP contribution in [0, 0.1) is 0 Å². The number of carbonyl (C=O) groups is 1. The monoisotopic (exact) mass is 360 g/mol. The van der Waals surface area contributed by atoms with Crippen LogP contribution in [-0.2, 0) is 21.4 Å². The normalized spacial score (nSPS) is 11.2. The van der Waals surface area contributed by atoms with E-state index < -0.39 is 10.0 Å². The van der Waals surface area contributed by atoms with Crippen molar-refractivity contribution in [2.75, 3.05) is 5.32 Å². The molecule has 134 valence electrons. The first-order valence-corrected chi connectivity index (χ1v) is 9.93. The van der Waals surface area contributed by atoms with E-state index in [2.05, 4.69) is 17.0 Å². The van der Waals surface area contributed by atoms with Crippen LogP contribution < -0.4 is 10.0 Å². The molecule has 0 radical (unpaired) electrons. The Labute approximate surface area is 149 Å². The molecule has 0 aliphatic rings. The summed E-state index contributed by atoms with van der Waals surface area (Å²) in [6, 6.07) is 15.5. The van der Waals surface area contributed by atoms with Crippen LogP contribution >= 0.6 is 0 Å². The molecule has 2 rings (SSSR count). The largest absolute Gasteiger partial charge is 0.326 e. The number of amides is 1. The van der Waals surface area contributed by atoms with Crippen molar-refractivity contribution < 1.29 is 13.2 Å². The third-order valence-corrected chi connectivity index (χ3v) is 5.18. The van der Waals surface area contributed by atoms with Crippen LogP contribution in [-0.4, -0.2) is 14.3 Å². The summed E-state index contributed by atoms with van der Waals surface area (Å²) in [4.78, 5) is 12.0. The maximum absolute atomic E-state index is 12.3. The first kappa shape index (κ1) is 19.1. The minimum atomic E-state index is -3.58. The molecule has 0 aliphatic heterocycles. The highest BCUT2D eigenvalue weighted by molar-refractivity contribution is 7.89. The Morgan fingerprint density at radius 2 is 1.64 bits per heavy atom. The lowest BCUT2D eigenvalue weighted by atomic mass is 10.2. The van der Waals surface area contributed by atoms with Crippen LogP contribution in [0.5, 0.6) is 0 Å². The van der Waals surface area contributed by atoms with Crippen LogP contribution in [0.15, 0.2) is 59.5 Å². The summed E-state index contributed by atoms with van der Waals surface area (Å²) in [7, 11) is -3.58. The van der Waals surface area contributed by atoms with Gasteiger partial charge in [-0.2, -0.15) is 0 Å². The maximum atomic E-state index is 12.3. The van der Waals surface area contributed by atoms with E-state index in [1.54, 1.807) is 12.1 Å². The van der Waals surface area contributed by atoms with E-state index in [4.69, 9.17) is 0 Å². The van der Waals surface area contributed by atoms with Gasteiger partial charge in [-0.25, -0.2) is 13.1 Å². The Hall–Kier alpha value is -2.18. The number of nitrogens with one attached hydrogen (secondary N) is 2. The van der Waals surface area contributed by atoms with E-state index in [0.717, 1.165) is 24.8 Å². The van der Waals surface area contributed by atoms with Gasteiger partial charge in [-0.15, -0.1) is 0 Å². The van der Waals surface area contributed by atoms with Crippen LogP contribution in [0.2, 0.25) is 0 Å². The molecule has 2 N–H and O–H groups in total. The summed E-state index contributed by atoms with van der Waals surface area (Å²) < 4.78 is 27.2. The number of hydrogen-bond acceptors (Lipinski definition) is 3. The van der Waals surface area contributed by atoms with E-state index in [0.29, 0.717) is 12.1 Å². The fourth-order valence-corrected chi connectivity index (χ4v) is 3.35. The molecule has 0 spiro atoms. The van der Waals surface area contributed by atoms with Gasteiger partial charge < -0.3 is 5.32 Å². The van der Waals surface area contributed by atoms with Crippen molar-refractivity contribution in [1.29, 1.82) is 0 Å². The van der Waals surface area contributed by atoms with Crippen molar-refractivity contribution in [2.45, 2.75) is 44.0 Å². The first-order valence-electron chi connectivity index (χ1n) is 8.45. The number of unbranched alkanes of at least 4 members (excludes halogenated alkanes) is 2. The predicted octanol–water partition coefficient (Wildman–Crippen LogP) is 3.68. The number of sulfonamides is 1. The molecular weight excluding hydrogens is 336 g/mol. The Morgan fingerprint density at radius 1 is 0.960 bits per heavy atom. The van der Waals surface area contributed by atoms with Gasteiger partial charge in [0.05, 0.1) is 4.90 Å². The van der Waals surface area contributed by atoms with Crippen LogP contribution in [0.1, 0.15) is 38.2 Å². The zero-order valence-electron chi connectivity index (χ0n) is 14.4. The number of hydrogen-bond donors (Lipinski definition) is 2. The molecule has 0 bridgehead atoms. The van der Waals surface area contributed by atoms with Gasteiger partial charge in [0.1, 0.15) is 0 Å². The second kappa shape index (κ2) is 9.34. The zero-order valence-corrected chi connectivity index (χ0v) is 15.2. The van der Waals surface area contributed by atoms with Gasteiger partial charge in [0.2, 0.25) is 15.9 Å². The molecule has 5 nitrogen and oxygen atoms in total. The van der Waals surface area contributed by atoms with Crippen molar-refractivity contribution >= 4 is 21.6 Å². The third kappa shape index (κ3) is 6.32. The van der Waals surface area contributed by atoms with Gasteiger partial charge in [0.25, 0.3) is 0 Å². The molecule has 0 atom stereocenters. The quantitative estimate of drug-likeness (QED) is 0.670. The van der Waals surface area contributed by atoms with Gasteiger partial charge in [0.15, 0.2) is 0 Å². The third-order valence-electron chi connectivity index (χ3n) is 3.76. The zero-order chi connectivity index (χ0) is 18.1. The Bertz CT molecular complexity index is 772. The van der Waals surface area contributed by atoms with Gasteiger partial charge in [0, 0.05) is 18.7 Å². The number of rotatable bonds is 9. The first-order chi connectivity index (χ1) is 12.0. The van der Waals surface area contributed by atoms with E-state index in [1.165, 1.54) is 12.1 Å². The maximum Gasteiger partial charge on any atom is 0.240 e. The fourth-order valence-electron chi connectivity index (χ4n) is 2.33. The second-order valence-corrected chi connectivity index (χ2v) is 7.61. The van der Waals surface area contributed by atoms with Crippen LogP contribution in [0.25, 0.3) is 0 Å². The van der Waals surface area contributed by atoms with Gasteiger partial charge >= 0.3 is 0 Å². The molecule has 0 saturated carbocycles. The highest BCUT2D eigenvalue weighted by Crippen LogP contribution is 2.15. The molecule has 25 heavy (non-hydrogen) atoms. The smallest absolute Gasteiger partial charge is 0.240 e. The summed E-state index contributed by atoms with van der Waals surface area (Å²) in [6.07, 6.45) is 3.43. The number of benzene rings is 2. The molecule has 0 fully saturated rings. The summed E-state index contributed by atoms with van der Waals surface area (Å²) >= 11 is 0. The van der Waals surface area contributed by atoms with Gasteiger partial charge in [-0.05, 0) is 36.2 Å². The topological polar surface area (TPSA) is 75.3 Å². The molecule has 0 aliphatic carbocycles. The molecule has 0 unspecified atom stereocenters. The standard InChI is InChI=1S/C19H24N2O3S/c1-2-3-5-10-19(22)21-17-11-13-18(14-12-17)25(23,24)20-15-16-8-6-4-7-9-16/h4,6-9,11-14,20H,2-3,5,10,15H2,1H3,(H,21,22). The molecular formula is C19H24N2O3S. The second-order valence-electron chi connectivity index (χ2n) is 5.84. The average molecular weight is 360 g/mol. The van der Waals surface area contributed by atoms with E-state index in [9.17, 15) is 13.2 Å². The van der Waals surface area contributed by atoms with Crippen molar-refractivity contribution in [3.8, 4) is 0 Å². The lowest BCUT2D eigenvalue weighted by Gasteiger charge is -2.09. The Morgan fingerprint density at radius 3 is 2.28 bits per heavy atom. The fraction of sp³-hybridized carbons (Fsp3) is 0.316. The van der Waals surface area contributed by atoms with Crippen molar-refractivity contribution in [1.82, 2.24) is 4.72 Å². The van der Waals surface area contributed by atoms with Crippen molar-refractivity contribution in [2.24, 2.45) is 0 Å². The average Bonchev–Trinajstić information content (AvgIpc) is 2.62. The minimum absolute atomic E-state index is 0.0498. The summed E-state index contributed by atoms with van der Waals surface area (Å²) in [6.45, 7) is 2.32. The van der Waals surface area contributed by atoms with E-state index >= 15 is 0 Å². The molecule has 2 aromatic carbocycles. The highest BCUT2D eigenvalue weighted by Gasteiger charge is 2.13. The number of carbonyl (C=O) groups excluding carboxylic acids is 1. The Kier molecular flexibility index (Phi) is 7.16. The molecule has 1 amide bonds.